The Morgan fingerprint density at radius 3 is 0.653 bits per heavy atom. The first-order valence-corrected chi connectivity index (χ1v) is 42.2. The zero-order chi connectivity index (χ0) is 70.3. The summed E-state index contributed by atoms with van der Waals surface area (Å²) >= 11 is 0. The molecule has 0 aliphatic rings. The molecule has 0 bridgehead atoms. The molecule has 0 amide bonds. The lowest BCUT2D eigenvalue weighted by molar-refractivity contribution is -0.161. The molecule has 0 aliphatic carbocycles. The van der Waals surface area contributed by atoms with Gasteiger partial charge in [0.25, 0.3) is 0 Å². The van der Waals surface area contributed by atoms with Gasteiger partial charge in [-0.2, -0.15) is 0 Å². The summed E-state index contributed by atoms with van der Waals surface area (Å²) in [5.41, 5.74) is 0. The van der Waals surface area contributed by atoms with Gasteiger partial charge in [-0.1, -0.05) is 331 Å². The number of hydrogen-bond donors (Lipinski definition) is 3. The molecule has 19 heteroatoms. The van der Waals surface area contributed by atoms with Gasteiger partial charge >= 0.3 is 39.5 Å². The van der Waals surface area contributed by atoms with Crippen molar-refractivity contribution in [2.75, 3.05) is 39.6 Å². The van der Waals surface area contributed by atoms with E-state index in [1.165, 1.54) is 180 Å². The number of carbonyl (C=O) groups excluding carboxylic acids is 4. The van der Waals surface area contributed by atoms with Gasteiger partial charge in [-0.3, -0.25) is 37.3 Å². The first-order chi connectivity index (χ1) is 45.6. The normalized spacial score (nSPS) is 14.1. The van der Waals surface area contributed by atoms with Crippen LogP contribution >= 0.6 is 15.6 Å². The molecule has 5 atom stereocenters. The van der Waals surface area contributed by atoms with Crippen LogP contribution in [-0.2, 0) is 65.4 Å². The molecule has 0 radical (unpaired) electrons. The average Bonchev–Trinajstić information content (AvgIpc) is 1.40. The van der Waals surface area contributed by atoms with Crippen molar-refractivity contribution in [1.29, 1.82) is 0 Å². The van der Waals surface area contributed by atoms with Crippen molar-refractivity contribution in [3.63, 3.8) is 0 Å². The Kier molecular flexibility index (Phi) is 64.0. The third kappa shape index (κ3) is 70.3. The molecule has 0 heterocycles. The number of phosphoric ester groups is 2. The SMILES string of the molecule is CC(C)CCCCCCCCCCCCCCCCCC(=O)O[C@H](COC(=O)CCCCCCCCCC(C)C)COP(=O)(O)OCC(O)COP(=O)(O)OC[C@@H](COC(=O)CCCCCCCCCCCC(C)C)OC(=O)CCCCCCCCCCCCCCC(C)C. The van der Waals surface area contributed by atoms with Gasteiger partial charge in [0.05, 0.1) is 26.4 Å². The minimum atomic E-state index is -4.96. The Bertz CT molecular complexity index is 1870. The van der Waals surface area contributed by atoms with Crippen molar-refractivity contribution in [3.05, 3.63) is 0 Å². The third-order valence-corrected chi connectivity index (χ3v) is 19.5. The first kappa shape index (κ1) is 93.1. The summed E-state index contributed by atoms with van der Waals surface area (Å²) in [6.45, 7) is 14.2. The highest BCUT2D eigenvalue weighted by Crippen LogP contribution is 2.45. The molecule has 564 valence electrons. The zero-order valence-corrected chi connectivity index (χ0v) is 64.1. The molecule has 0 aromatic rings. The maximum Gasteiger partial charge on any atom is 0.472 e. The second-order valence-electron chi connectivity index (χ2n) is 29.3. The second kappa shape index (κ2) is 65.4. The monoisotopic (exact) mass is 1400 g/mol. The van der Waals surface area contributed by atoms with Crippen LogP contribution in [0.25, 0.3) is 0 Å². The number of esters is 4. The highest BCUT2D eigenvalue weighted by Gasteiger charge is 2.30. The van der Waals surface area contributed by atoms with E-state index in [-0.39, 0.29) is 25.7 Å². The van der Waals surface area contributed by atoms with E-state index in [2.05, 4.69) is 55.4 Å². The molecule has 0 aliphatic heterocycles. The van der Waals surface area contributed by atoms with E-state index in [4.69, 9.17) is 37.0 Å². The third-order valence-electron chi connectivity index (χ3n) is 17.6. The van der Waals surface area contributed by atoms with Gasteiger partial charge in [0.2, 0.25) is 0 Å². The fraction of sp³-hybridized carbons (Fsp3) is 0.947. The summed E-state index contributed by atoms with van der Waals surface area (Å²) < 4.78 is 68.5. The maximum atomic E-state index is 13.1. The number of rotatable bonds is 73. The number of ether oxygens (including phenoxy) is 4. The van der Waals surface area contributed by atoms with Crippen molar-refractivity contribution < 1.29 is 80.2 Å². The Morgan fingerprint density at radius 2 is 0.442 bits per heavy atom. The summed E-state index contributed by atoms with van der Waals surface area (Å²) in [5.74, 6) is 0.907. The van der Waals surface area contributed by atoms with Gasteiger partial charge < -0.3 is 33.8 Å². The van der Waals surface area contributed by atoms with Crippen LogP contribution in [0.1, 0.15) is 383 Å². The summed E-state index contributed by atoms with van der Waals surface area (Å²) in [5, 5.41) is 10.6. The Hall–Kier alpha value is -1.94. The summed E-state index contributed by atoms with van der Waals surface area (Å²) in [6, 6.07) is 0. The molecule has 0 rings (SSSR count). The lowest BCUT2D eigenvalue weighted by atomic mass is 10.0. The number of aliphatic hydroxyl groups excluding tert-OH is 1. The first-order valence-electron chi connectivity index (χ1n) is 39.2. The standard InChI is InChI=1S/C76H148O17P2/c1-66(2)52-44-36-28-21-16-12-10-9-11-13-18-24-33-42-50-58-75(80)93-72(63-87-74(79)57-49-41-35-27-31-39-47-55-69(7)8)65-91-95(84,85)89-61-70(77)60-88-94(82,83)90-64-71(62-86-73(78)56-48-40-32-26-20-23-30-38-46-54-68(5)6)92-76(81)59-51-43-34-25-19-15-14-17-22-29-37-45-53-67(3)4/h66-72,77H,9-65H2,1-8H3,(H,82,83)(H,84,85)/t70?,71-,72-/m1/s1. The predicted octanol–water partition coefficient (Wildman–Crippen LogP) is 22.0. The quantitative estimate of drug-likeness (QED) is 0.0222. The van der Waals surface area contributed by atoms with Crippen molar-refractivity contribution in [2.24, 2.45) is 23.7 Å². The van der Waals surface area contributed by atoms with E-state index >= 15 is 0 Å². The van der Waals surface area contributed by atoms with Gasteiger partial charge in [-0.05, 0) is 49.4 Å². The number of unbranched alkanes of at least 4 members (excludes halogenated alkanes) is 39. The Labute approximate surface area is 581 Å². The highest BCUT2D eigenvalue weighted by molar-refractivity contribution is 7.47. The number of hydrogen-bond acceptors (Lipinski definition) is 15. The van der Waals surface area contributed by atoms with Crippen molar-refractivity contribution in [3.8, 4) is 0 Å². The van der Waals surface area contributed by atoms with Crippen LogP contribution in [0.15, 0.2) is 0 Å². The highest BCUT2D eigenvalue weighted by atomic mass is 31.2. The van der Waals surface area contributed by atoms with Crippen molar-refractivity contribution >= 4 is 39.5 Å². The molecule has 0 aromatic carbocycles. The van der Waals surface area contributed by atoms with Gasteiger partial charge in [-0.25, -0.2) is 9.13 Å². The molecule has 0 aromatic heterocycles. The number of carbonyl (C=O) groups is 4. The number of aliphatic hydroxyl groups is 1. The molecule has 0 spiro atoms. The fourth-order valence-corrected chi connectivity index (χ4v) is 13.1. The minimum Gasteiger partial charge on any atom is -0.462 e. The molecule has 3 unspecified atom stereocenters. The summed E-state index contributed by atoms with van der Waals surface area (Å²) in [4.78, 5) is 72.8. The molecule has 17 nitrogen and oxygen atoms in total. The molecule has 3 N–H and O–H groups in total. The maximum absolute atomic E-state index is 13.1. The van der Waals surface area contributed by atoms with E-state index in [9.17, 15) is 43.2 Å². The molecule has 0 saturated heterocycles. The average molecular weight is 1400 g/mol. The topological polar surface area (TPSA) is 237 Å². The molecular weight excluding hydrogens is 1250 g/mol. The smallest absolute Gasteiger partial charge is 0.462 e. The van der Waals surface area contributed by atoms with E-state index < -0.39 is 97.5 Å². The van der Waals surface area contributed by atoms with Gasteiger partial charge in [0, 0.05) is 25.7 Å². The van der Waals surface area contributed by atoms with Crippen LogP contribution in [0.4, 0.5) is 0 Å². The van der Waals surface area contributed by atoms with Crippen LogP contribution in [0, 0.1) is 23.7 Å². The lowest BCUT2D eigenvalue weighted by Crippen LogP contribution is -2.30. The molecule has 95 heavy (non-hydrogen) atoms. The van der Waals surface area contributed by atoms with Gasteiger partial charge in [0.1, 0.15) is 19.3 Å². The largest absolute Gasteiger partial charge is 0.472 e. The van der Waals surface area contributed by atoms with E-state index in [1.54, 1.807) is 0 Å². The summed E-state index contributed by atoms with van der Waals surface area (Å²) in [7, 11) is -9.91. The molecular formula is C76H148O17P2. The van der Waals surface area contributed by atoms with Crippen LogP contribution in [-0.4, -0.2) is 96.7 Å². The molecule has 0 fully saturated rings. The number of phosphoric acid groups is 2. The van der Waals surface area contributed by atoms with E-state index in [0.29, 0.717) is 31.6 Å². The van der Waals surface area contributed by atoms with Crippen LogP contribution < -0.4 is 0 Å². The fourth-order valence-electron chi connectivity index (χ4n) is 11.6. The Balaban J connectivity index is 5.23. The van der Waals surface area contributed by atoms with Gasteiger partial charge in [-0.15, -0.1) is 0 Å². The lowest BCUT2D eigenvalue weighted by Gasteiger charge is -2.21. The van der Waals surface area contributed by atoms with Crippen LogP contribution in [0.2, 0.25) is 0 Å². The van der Waals surface area contributed by atoms with Crippen LogP contribution in [0.3, 0.4) is 0 Å². The summed E-state index contributed by atoms with van der Waals surface area (Å²) in [6.07, 6.45) is 50.0. The van der Waals surface area contributed by atoms with Crippen LogP contribution in [0.5, 0.6) is 0 Å². The van der Waals surface area contributed by atoms with E-state index in [1.807, 2.05) is 0 Å². The zero-order valence-electron chi connectivity index (χ0n) is 62.3. The Morgan fingerprint density at radius 1 is 0.263 bits per heavy atom. The van der Waals surface area contributed by atoms with Crippen molar-refractivity contribution in [1.82, 2.24) is 0 Å². The predicted molar refractivity (Wildman–Crippen MR) is 386 cm³/mol. The molecule has 0 saturated carbocycles. The van der Waals surface area contributed by atoms with Gasteiger partial charge in [0.15, 0.2) is 12.2 Å². The minimum absolute atomic E-state index is 0.106. The second-order valence-corrected chi connectivity index (χ2v) is 32.2. The van der Waals surface area contributed by atoms with Crippen molar-refractivity contribution in [2.45, 2.75) is 401 Å². The van der Waals surface area contributed by atoms with E-state index in [0.717, 1.165) is 114 Å².